The summed E-state index contributed by atoms with van der Waals surface area (Å²) in [6.45, 7) is -0.0619. The zero-order valence-corrected chi connectivity index (χ0v) is 17.6. The number of halogens is 3. The van der Waals surface area contributed by atoms with Crippen molar-refractivity contribution in [3.63, 3.8) is 0 Å². The third-order valence-corrected chi connectivity index (χ3v) is 6.18. The summed E-state index contributed by atoms with van der Waals surface area (Å²) < 4.78 is 37.2. The number of alkyl halides is 3. The fraction of sp³-hybridized carbons (Fsp3) is 0.375. The van der Waals surface area contributed by atoms with E-state index in [1.807, 2.05) is 0 Å². The maximum Gasteiger partial charge on any atom is 0.425 e. The number of hydrogen-bond acceptors (Lipinski definition) is 9. The van der Waals surface area contributed by atoms with Crippen molar-refractivity contribution in [3.05, 3.63) is 22.8 Å². The van der Waals surface area contributed by atoms with Gasteiger partial charge in [-0.2, -0.15) is 13.2 Å². The number of hydrogen-bond donors (Lipinski definition) is 3. The Hall–Kier alpha value is -3.14. The highest BCUT2D eigenvalue weighted by molar-refractivity contribution is 8.00. The van der Waals surface area contributed by atoms with Crippen LogP contribution in [0.5, 0.6) is 0 Å². The number of carbonyl (C=O) groups is 4. The summed E-state index contributed by atoms with van der Waals surface area (Å²) in [7, 11) is 0. The summed E-state index contributed by atoms with van der Waals surface area (Å²) >= 11 is 2.09. The van der Waals surface area contributed by atoms with Gasteiger partial charge in [0.25, 0.3) is 11.8 Å². The molecule has 0 aromatic carbocycles. The van der Waals surface area contributed by atoms with Gasteiger partial charge in [-0.05, 0) is 13.0 Å². The summed E-state index contributed by atoms with van der Waals surface area (Å²) in [6, 6.07) is -1.14. The number of β-lactam (4-membered cyclic amide) rings is 1. The topological polar surface area (TPSA) is 150 Å². The van der Waals surface area contributed by atoms with Crippen LogP contribution in [-0.2, 0) is 24.0 Å². The predicted octanol–water partition coefficient (Wildman–Crippen LogP) is 0.751. The quantitative estimate of drug-likeness (QED) is 0.208. The van der Waals surface area contributed by atoms with Crippen molar-refractivity contribution >= 4 is 58.1 Å². The number of thioether (sulfide) groups is 1. The van der Waals surface area contributed by atoms with Gasteiger partial charge in [0.2, 0.25) is 13.0 Å². The first-order valence-corrected chi connectivity index (χ1v) is 10.5. The number of aliphatic carboxylic acids is 1. The number of fused-ring (bicyclic) bond motifs is 1. The van der Waals surface area contributed by atoms with Crippen molar-refractivity contribution in [2.24, 2.45) is 5.16 Å². The van der Waals surface area contributed by atoms with Crippen molar-refractivity contribution in [3.8, 4) is 0 Å². The Morgan fingerprint density at radius 1 is 1.44 bits per heavy atom. The smallest absolute Gasteiger partial charge is 0.425 e. The minimum absolute atomic E-state index is 0.0464. The molecule has 3 amide bonds. The van der Waals surface area contributed by atoms with Crippen LogP contribution in [0.4, 0.5) is 18.3 Å². The number of nitrogens with zero attached hydrogens (tertiary/aromatic N) is 3. The Kier molecular flexibility index (Phi) is 6.73. The van der Waals surface area contributed by atoms with E-state index in [1.165, 1.54) is 23.2 Å². The van der Waals surface area contributed by atoms with E-state index < -0.39 is 47.7 Å². The Labute approximate surface area is 185 Å². The molecule has 32 heavy (non-hydrogen) atoms. The molecule has 2 aliphatic rings. The normalized spacial score (nSPS) is 22.9. The van der Waals surface area contributed by atoms with Crippen molar-refractivity contribution < 1.29 is 42.3 Å². The predicted molar refractivity (Wildman–Crippen MR) is 106 cm³/mol. The van der Waals surface area contributed by atoms with Crippen LogP contribution in [0.2, 0.25) is 0 Å². The third-order valence-electron chi connectivity index (χ3n) is 4.08. The van der Waals surface area contributed by atoms with Crippen LogP contribution in [0.15, 0.2) is 22.3 Å². The molecule has 1 saturated heterocycles. The van der Waals surface area contributed by atoms with E-state index in [2.05, 4.69) is 25.6 Å². The van der Waals surface area contributed by atoms with Crippen molar-refractivity contribution in [2.75, 3.05) is 11.9 Å². The molecule has 2 aliphatic heterocycles. The van der Waals surface area contributed by atoms with Crippen LogP contribution in [0, 0.1) is 0 Å². The largest absolute Gasteiger partial charge is 0.477 e. The Morgan fingerprint density at radius 2 is 2.16 bits per heavy atom. The first-order chi connectivity index (χ1) is 15.0. The highest BCUT2D eigenvalue weighted by Gasteiger charge is 2.54. The Balaban J connectivity index is 1.80. The van der Waals surface area contributed by atoms with Crippen molar-refractivity contribution in [2.45, 2.75) is 29.8 Å². The van der Waals surface area contributed by atoms with Gasteiger partial charge in [0.05, 0.1) is 0 Å². The number of anilines is 1. The molecule has 1 aromatic rings. The monoisotopic (exact) mass is 493 g/mol. The van der Waals surface area contributed by atoms with Gasteiger partial charge in [-0.15, -0.1) is 23.1 Å². The van der Waals surface area contributed by atoms with Crippen LogP contribution < -0.4 is 10.6 Å². The van der Waals surface area contributed by atoms with E-state index in [0.29, 0.717) is 6.41 Å². The number of carboxylic acids is 1. The zero-order valence-electron chi connectivity index (χ0n) is 16.0. The maximum absolute atomic E-state index is 12.7. The lowest BCUT2D eigenvalue weighted by molar-refractivity contribution is -0.174. The van der Waals surface area contributed by atoms with Crippen LogP contribution in [0.3, 0.4) is 0 Å². The second kappa shape index (κ2) is 9.15. The molecule has 16 heteroatoms. The fourth-order valence-corrected chi connectivity index (χ4v) is 4.79. The van der Waals surface area contributed by atoms with Crippen LogP contribution >= 0.6 is 23.1 Å². The molecule has 1 fully saturated rings. The summed E-state index contributed by atoms with van der Waals surface area (Å²) in [5, 5.41) is 17.4. The molecule has 2 unspecified atom stereocenters. The second-order valence-corrected chi connectivity index (χ2v) is 8.73. The maximum atomic E-state index is 12.7. The number of amides is 3. The molecule has 3 N–H and O–H groups in total. The molecule has 0 saturated carbocycles. The highest BCUT2D eigenvalue weighted by atomic mass is 32.2. The van der Waals surface area contributed by atoms with E-state index in [9.17, 15) is 37.5 Å². The van der Waals surface area contributed by atoms with Gasteiger partial charge in [0, 0.05) is 10.6 Å². The van der Waals surface area contributed by atoms with Crippen LogP contribution in [0.1, 0.15) is 12.6 Å². The van der Waals surface area contributed by atoms with E-state index in [0.717, 1.165) is 16.2 Å². The summed E-state index contributed by atoms with van der Waals surface area (Å²) in [5.41, 5.74) is -1.07. The molecule has 11 nitrogen and oxygen atoms in total. The Bertz CT molecular complexity index is 1010. The van der Waals surface area contributed by atoms with E-state index >= 15 is 0 Å². The minimum Gasteiger partial charge on any atom is -0.477 e. The molecule has 0 bridgehead atoms. The number of rotatable bonds is 8. The SMILES string of the molecule is CC1C=C(C(=O)O)N2C(=O)C(NC(=O)C(=NOCC(F)(F)F)c3csc(NC=O)n3)[C@@H]2S1. The third kappa shape index (κ3) is 5.01. The first kappa shape index (κ1) is 23.5. The fourth-order valence-electron chi connectivity index (χ4n) is 2.81. The lowest BCUT2D eigenvalue weighted by Gasteiger charge is -2.49. The Morgan fingerprint density at radius 3 is 2.78 bits per heavy atom. The summed E-state index contributed by atoms with van der Waals surface area (Å²) in [5.74, 6) is -3.07. The average Bonchev–Trinajstić information content (AvgIpc) is 3.16. The lowest BCUT2D eigenvalue weighted by atomic mass is 10.0. The summed E-state index contributed by atoms with van der Waals surface area (Å²) in [4.78, 5) is 56.2. The number of nitrogens with one attached hydrogen (secondary N) is 2. The van der Waals surface area contributed by atoms with Crippen molar-refractivity contribution in [1.82, 2.24) is 15.2 Å². The van der Waals surface area contributed by atoms with Gasteiger partial charge in [-0.1, -0.05) is 5.16 Å². The molecule has 0 aliphatic carbocycles. The number of carbonyl (C=O) groups excluding carboxylic acids is 3. The molecular weight excluding hydrogens is 479 g/mol. The molecule has 3 atom stereocenters. The minimum atomic E-state index is -4.71. The highest BCUT2D eigenvalue weighted by Crippen LogP contribution is 2.40. The molecule has 172 valence electrons. The van der Waals surface area contributed by atoms with Gasteiger partial charge in [-0.25, -0.2) is 9.78 Å². The number of carboxylic acid groups (broad SMARTS) is 1. The standard InChI is InChI=1S/C16H14F3N5O6S2/c1-6-2-8(14(28)29)24-12(27)10(13(24)32-6)22-11(26)9(23-30-4-16(17,18)19)7-3-31-15(21-7)20-5-25/h2-3,5-6,10,13H,4H2,1H3,(H,22,26)(H,28,29)(H,20,21,25)/t6?,10?,13-/m0/s1. The van der Waals surface area contributed by atoms with Crippen LogP contribution in [0.25, 0.3) is 0 Å². The molecule has 0 spiro atoms. The van der Waals surface area contributed by atoms with E-state index in [4.69, 9.17) is 0 Å². The first-order valence-electron chi connectivity index (χ1n) is 8.69. The number of aromatic nitrogens is 1. The van der Waals surface area contributed by atoms with Gasteiger partial charge in [0.1, 0.15) is 22.8 Å². The molecular formula is C16H14F3N5O6S2. The van der Waals surface area contributed by atoms with E-state index in [-0.39, 0.29) is 21.8 Å². The van der Waals surface area contributed by atoms with Gasteiger partial charge in [0.15, 0.2) is 10.8 Å². The van der Waals surface area contributed by atoms with Gasteiger partial charge in [-0.3, -0.25) is 19.3 Å². The van der Waals surface area contributed by atoms with E-state index in [1.54, 1.807) is 6.92 Å². The van der Waals surface area contributed by atoms with Crippen molar-refractivity contribution in [1.29, 1.82) is 0 Å². The number of thiazole rings is 1. The molecule has 1 aromatic heterocycles. The van der Waals surface area contributed by atoms with Gasteiger partial charge >= 0.3 is 12.1 Å². The molecule has 3 heterocycles. The number of oxime groups is 1. The van der Waals surface area contributed by atoms with Crippen LogP contribution in [-0.4, -0.2) is 74.3 Å². The lowest BCUT2D eigenvalue weighted by Crippen LogP contribution is -2.71. The summed E-state index contributed by atoms with van der Waals surface area (Å²) in [6.07, 6.45) is -3.00. The molecule has 3 rings (SSSR count). The average molecular weight is 493 g/mol. The molecule has 0 radical (unpaired) electrons. The van der Waals surface area contributed by atoms with Gasteiger partial charge < -0.3 is 20.6 Å². The second-order valence-electron chi connectivity index (χ2n) is 6.38. The zero-order chi connectivity index (χ0) is 23.6.